The van der Waals surface area contributed by atoms with Crippen molar-refractivity contribution < 1.29 is 22.0 Å². The van der Waals surface area contributed by atoms with E-state index >= 15 is 0 Å². The summed E-state index contributed by atoms with van der Waals surface area (Å²) >= 11 is 0. The zero-order valence-electron chi connectivity index (χ0n) is 14.7. The lowest BCUT2D eigenvalue weighted by Gasteiger charge is -2.28. The fourth-order valence-electron chi connectivity index (χ4n) is 2.51. The molecule has 1 N–H and O–H groups in total. The zero-order chi connectivity index (χ0) is 19.5. The van der Waals surface area contributed by atoms with Gasteiger partial charge in [0.2, 0.25) is 15.9 Å². The summed E-state index contributed by atoms with van der Waals surface area (Å²) in [5.41, 5.74) is 1.41. The topological polar surface area (TPSA) is 66.5 Å². The first kappa shape index (κ1) is 19.8. The Labute approximate surface area is 151 Å². The van der Waals surface area contributed by atoms with Gasteiger partial charge in [0.15, 0.2) is 11.6 Å². The third kappa shape index (κ3) is 4.57. The van der Waals surface area contributed by atoms with Gasteiger partial charge in [0.05, 0.1) is 11.9 Å². The molecule has 8 heteroatoms. The Bertz CT molecular complexity index is 899. The van der Waals surface area contributed by atoms with Crippen LogP contribution in [0.4, 0.5) is 20.2 Å². The molecule has 0 bridgehead atoms. The van der Waals surface area contributed by atoms with E-state index in [-0.39, 0.29) is 5.69 Å². The molecule has 0 spiro atoms. The van der Waals surface area contributed by atoms with Gasteiger partial charge in [-0.15, -0.1) is 0 Å². The lowest BCUT2D eigenvalue weighted by atomic mass is 10.1. The molecule has 2 aromatic carbocycles. The third-order valence-corrected chi connectivity index (χ3v) is 5.12. The van der Waals surface area contributed by atoms with Gasteiger partial charge in [-0.1, -0.05) is 19.1 Å². The SMILES string of the molecule is CCc1ccc(N([C@H](C)C(=O)Nc2ccc(F)c(F)c2)S(C)(=O)=O)cc1. The summed E-state index contributed by atoms with van der Waals surface area (Å²) in [6, 6.07) is 8.65. The van der Waals surface area contributed by atoms with Crippen LogP contribution in [0, 0.1) is 11.6 Å². The minimum Gasteiger partial charge on any atom is -0.324 e. The first-order valence-corrected chi connectivity index (χ1v) is 9.82. The van der Waals surface area contributed by atoms with E-state index < -0.39 is 33.6 Å². The van der Waals surface area contributed by atoms with Gasteiger partial charge in [0.1, 0.15) is 6.04 Å². The molecule has 0 heterocycles. The highest BCUT2D eigenvalue weighted by Crippen LogP contribution is 2.23. The number of hydrogen-bond donors (Lipinski definition) is 1. The number of nitrogens with zero attached hydrogens (tertiary/aromatic N) is 1. The van der Waals surface area contributed by atoms with Gasteiger partial charge in [0, 0.05) is 11.8 Å². The van der Waals surface area contributed by atoms with E-state index in [1.165, 1.54) is 13.0 Å². The lowest BCUT2D eigenvalue weighted by molar-refractivity contribution is -0.116. The summed E-state index contributed by atoms with van der Waals surface area (Å²) in [5.74, 6) is -2.81. The van der Waals surface area contributed by atoms with Gasteiger partial charge in [-0.3, -0.25) is 9.10 Å². The number of anilines is 2. The van der Waals surface area contributed by atoms with Gasteiger partial charge in [-0.05, 0) is 43.2 Å². The van der Waals surface area contributed by atoms with Crippen LogP contribution in [0.15, 0.2) is 42.5 Å². The number of amides is 1. The molecule has 0 fully saturated rings. The number of sulfonamides is 1. The maximum Gasteiger partial charge on any atom is 0.247 e. The van der Waals surface area contributed by atoms with Crippen molar-refractivity contribution in [1.82, 2.24) is 0 Å². The monoisotopic (exact) mass is 382 g/mol. The number of benzene rings is 2. The summed E-state index contributed by atoms with van der Waals surface area (Å²) in [6.07, 6.45) is 1.80. The number of hydrogen-bond acceptors (Lipinski definition) is 3. The highest BCUT2D eigenvalue weighted by atomic mass is 32.2. The van der Waals surface area contributed by atoms with E-state index in [1.54, 1.807) is 24.3 Å². The summed E-state index contributed by atoms with van der Waals surface area (Å²) in [4.78, 5) is 12.5. The highest BCUT2D eigenvalue weighted by Gasteiger charge is 2.29. The van der Waals surface area contributed by atoms with Gasteiger partial charge in [-0.25, -0.2) is 17.2 Å². The molecule has 2 rings (SSSR count). The van der Waals surface area contributed by atoms with Crippen molar-refractivity contribution in [3.63, 3.8) is 0 Å². The van der Waals surface area contributed by atoms with Crippen LogP contribution in [0.5, 0.6) is 0 Å². The van der Waals surface area contributed by atoms with Crippen molar-refractivity contribution in [2.75, 3.05) is 15.9 Å². The van der Waals surface area contributed by atoms with Crippen molar-refractivity contribution in [3.05, 3.63) is 59.7 Å². The Hall–Kier alpha value is -2.48. The van der Waals surface area contributed by atoms with Crippen molar-refractivity contribution in [1.29, 1.82) is 0 Å². The molecule has 26 heavy (non-hydrogen) atoms. The van der Waals surface area contributed by atoms with Crippen LogP contribution in [-0.4, -0.2) is 26.6 Å². The molecular formula is C18H20F2N2O3S. The molecule has 0 aliphatic heterocycles. The summed E-state index contributed by atoms with van der Waals surface area (Å²) in [7, 11) is -3.75. The van der Waals surface area contributed by atoms with Crippen molar-refractivity contribution in [2.45, 2.75) is 26.3 Å². The van der Waals surface area contributed by atoms with E-state index in [4.69, 9.17) is 0 Å². The lowest BCUT2D eigenvalue weighted by Crippen LogP contribution is -2.45. The first-order chi connectivity index (χ1) is 12.1. The maximum absolute atomic E-state index is 13.3. The second kappa shape index (κ2) is 7.82. The molecule has 1 atom stereocenters. The molecular weight excluding hydrogens is 362 g/mol. The Morgan fingerprint density at radius 2 is 1.73 bits per heavy atom. The van der Waals surface area contributed by atoms with Gasteiger partial charge in [-0.2, -0.15) is 0 Å². The molecule has 0 aliphatic carbocycles. The summed E-state index contributed by atoms with van der Waals surface area (Å²) in [5, 5.41) is 2.40. The molecule has 0 unspecified atom stereocenters. The van der Waals surface area contributed by atoms with Crippen molar-refractivity contribution in [3.8, 4) is 0 Å². The first-order valence-electron chi connectivity index (χ1n) is 7.97. The number of nitrogens with one attached hydrogen (secondary N) is 1. The predicted octanol–water partition coefficient (Wildman–Crippen LogP) is 3.32. The third-order valence-electron chi connectivity index (χ3n) is 3.87. The summed E-state index contributed by atoms with van der Waals surface area (Å²) in [6.45, 7) is 3.39. The Morgan fingerprint density at radius 1 is 1.12 bits per heavy atom. The predicted molar refractivity (Wildman–Crippen MR) is 97.6 cm³/mol. The van der Waals surface area contributed by atoms with Gasteiger partial charge < -0.3 is 5.32 Å². The van der Waals surface area contributed by atoms with Gasteiger partial charge >= 0.3 is 0 Å². The smallest absolute Gasteiger partial charge is 0.247 e. The number of aryl methyl sites for hydroxylation is 1. The normalized spacial score (nSPS) is 12.5. The van der Waals surface area contributed by atoms with Crippen LogP contribution >= 0.6 is 0 Å². The zero-order valence-corrected chi connectivity index (χ0v) is 15.5. The van der Waals surface area contributed by atoms with Crippen LogP contribution in [0.25, 0.3) is 0 Å². The Morgan fingerprint density at radius 3 is 2.23 bits per heavy atom. The number of carbonyl (C=O) groups excluding carboxylic acids is 1. The second-order valence-corrected chi connectivity index (χ2v) is 7.73. The van der Waals surface area contributed by atoms with Crippen LogP contribution in [0.2, 0.25) is 0 Å². The van der Waals surface area contributed by atoms with E-state index in [2.05, 4.69) is 5.32 Å². The molecule has 2 aromatic rings. The number of carbonyl (C=O) groups is 1. The van der Waals surface area contributed by atoms with Crippen LogP contribution in [-0.2, 0) is 21.2 Å². The van der Waals surface area contributed by atoms with Crippen molar-refractivity contribution in [2.24, 2.45) is 0 Å². The molecule has 1 amide bonds. The molecule has 0 saturated heterocycles. The van der Waals surface area contributed by atoms with Crippen molar-refractivity contribution >= 4 is 27.3 Å². The fourth-order valence-corrected chi connectivity index (χ4v) is 3.68. The molecule has 0 radical (unpaired) electrons. The fraction of sp³-hybridized carbons (Fsp3) is 0.278. The molecule has 140 valence electrons. The Kier molecular flexibility index (Phi) is 5.97. The van der Waals surface area contributed by atoms with E-state index in [1.807, 2.05) is 6.92 Å². The second-order valence-electron chi connectivity index (χ2n) is 5.87. The average molecular weight is 382 g/mol. The molecule has 0 aromatic heterocycles. The Balaban J connectivity index is 2.29. The van der Waals surface area contributed by atoms with Crippen LogP contribution < -0.4 is 9.62 Å². The van der Waals surface area contributed by atoms with Gasteiger partial charge in [0.25, 0.3) is 0 Å². The maximum atomic E-state index is 13.3. The standard InChI is InChI=1S/C18H20F2N2O3S/c1-4-13-5-8-15(9-6-13)22(26(3,24)25)12(2)18(23)21-14-7-10-16(19)17(20)11-14/h5-12H,4H2,1-3H3,(H,21,23)/t12-/m1/s1. The van der Waals surface area contributed by atoms with E-state index in [0.717, 1.165) is 34.7 Å². The molecule has 0 aliphatic rings. The summed E-state index contributed by atoms with van der Waals surface area (Å²) < 4.78 is 51.7. The number of rotatable bonds is 6. The van der Waals surface area contributed by atoms with E-state index in [9.17, 15) is 22.0 Å². The van der Waals surface area contributed by atoms with Crippen LogP contribution in [0.3, 0.4) is 0 Å². The number of halogens is 2. The minimum atomic E-state index is -3.75. The van der Waals surface area contributed by atoms with Crippen LogP contribution in [0.1, 0.15) is 19.4 Å². The average Bonchev–Trinajstić information content (AvgIpc) is 2.57. The quantitative estimate of drug-likeness (QED) is 0.833. The highest BCUT2D eigenvalue weighted by molar-refractivity contribution is 7.92. The molecule has 0 saturated carbocycles. The minimum absolute atomic E-state index is 0.0375. The molecule has 5 nitrogen and oxygen atoms in total. The largest absolute Gasteiger partial charge is 0.324 e. The van der Waals surface area contributed by atoms with E-state index in [0.29, 0.717) is 5.69 Å².